The van der Waals surface area contributed by atoms with Crippen molar-refractivity contribution in [1.29, 1.82) is 0 Å². The Morgan fingerprint density at radius 3 is 1.11 bits per heavy atom. The van der Waals surface area contributed by atoms with Crippen molar-refractivity contribution in [2.75, 3.05) is 0 Å². The van der Waals surface area contributed by atoms with Crippen molar-refractivity contribution in [3.8, 4) is 11.4 Å². The second-order valence-electron chi connectivity index (χ2n) is 13.8. The highest BCUT2D eigenvalue weighted by Crippen LogP contribution is 2.45. The van der Waals surface area contributed by atoms with E-state index in [9.17, 15) is 0 Å². The molecule has 0 atom stereocenters. The van der Waals surface area contributed by atoms with E-state index in [0.29, 0.717) is 0 Å². The van der Waals surface area contributed by atoms with Crippen molar-refractivity contribution in [2.45, 2.75) is 26.2 Å². The third-order valence-electron chi connectivity index (χ3n) is 10.2. The molecule has 0 bridgehead atoms. The smallest absolute Gasteiger partial charge is 0.0562 e. The van der Waals surface area contributed by atoms with E-state index in [-0.39, 0.29) is 5.41 Å². The van der Waals surface area contributed by atoms with E-state index in [2.05, 4.69) is 169 Å². The van der Waals surface area contributed by atoms with Gasteiger partial charge in [0.2, 0.25) is 0 Å². The van der Waals surface area contributed by atoms with Gasteiger partial charge in [-0.2, -0.15) is 0 Å². The Morgan fingerprint density at radius 2 is 0.739 bits per heavy atom. The highest BCUT2D eigenvalue weighted by molar-refractivity contribution is 6.27. The topological polar surface area (TPSA) is 9.86 Å². The fraction of sp³-hybridized carbons (Fsp3) is 0.0909. The van der Waals surface area contributed by atoms with Crippen molar-refractivity contribution in [3.05, 3.63) is 145 Å². The van der Waals surface area contributed by atoms with Crippen LogP contribution in [-0.4, -0.2) is 9.13 Å². The molecule has 0 aliphatic rings. The van der Waals surface area contributed by atoms with E-state index in [0.717, 1.165) is 0 Å². The Bertz CT molecular complexity index is 2550. The summed E-state index contributed by atoms with van der Waals surface area (Å²) in [5.41, 5.74) is 8.73. The number of nitrogens with zero attached hydrogens (tertiary/aromatic N) is 2. The molecule has 2 heterocycles. The molecular weight excluding hydrogens is 556 g/mol. The molecule has 10 aromatic rings. The molecule has 2 nitrogen and oxygen atoms in total. The standard InChI is InChI=1S/C44H32N2/c1-44(2,3)29-24-27-20-22-34-40(45-36-16-8-4-12-30(36)31-13-5-9-17-37(31)45)26-41(35-23-21-28(25-29)42(27)43(34)35)46-38-18-10-6-14-32(38)33-15-7-11-19-39(33)46/h4-26H,1-3H3. The summed E-state index contributed by atoms with van der Waals surface area (Å²) < 4.78 is 4.99. The molecule has 0 aliphatic heterocycles. The van der Waals surface area contributed by atoms with Crippen LogP contribution in [0.1, 0.15) is 26.3 Å². The van der Waals surface area contributed by atoms with Crippen LogP contribution in [0.5, 0.6) is 0 Å². The van der Waals surface area contributed by atoms with Crippen LogP contribution in [0.25, 0.3) is 87.3 Å². The lowest BCUT2D eigenvalue weighted by Crippen LogP contribution is -2.11. The van der Waals surface area contributed by atoms with Crippen molar-refractivity contribution in [1.82, 2.24) is 9.13 Å². The number of hydrogen-bond acceptors (Lipinski definition) is 0. The quantitative estimate of drug-likeness (QED) is 0.178. The molecule has 8 aromatic carbocycles. The molecule has 2 aromatic heterocycles. The van der Waals surface area contributed by atoms with Crippen LogP contribution in [0.3, 0.4) is 0 Å². The van der Waals surface area contributed by atoms with Gasteiger partial charge in [0.25, 0.3) is 0 Å². The van der Waals surface area contributed by atoms with E-state index in [1.807, 2.05) is 0 Å². The summed E-state index contributed by atoms with van der Waals surface area (Å²) in [6, 6.07) is 52.0. The van der Waals surface area contributed by atoms with Crippen molar-refractivity contribution in [2.24, 2.45) is 0 Å². The molecule has 0 fully saturated rings. The first-order valence-corrected chi connectivity index (χ1v) is 16.2. The summed E-state index contributed by atoms with van der Waals surface area (Å²) >= 11 is 0. The second-order valence-corrected chi connectivity index (χ2v) is 13.8. The number of aromatic nitrogens is 2. The molecule has 0 N–H and O–H groups in total. The lowest BCUT2D eigenvalue weighted by Gasteiger charge is -2.23. The van der Waals surface area contributed by atoms with Crippen molar-refractivity contribution < 1.29 is 0 Å². The fourth-order valence-corrected chi connectivity index (χ4v) is 8.05. The first kappa shape index (κ1) is 25.7. The average molecular weight is 589 g/mol. The zero-order valence-electron chi connectivity index (χ0n) is 26.2. The van der Waals surface area contributed by atoms with Gasteiger partial charge in [0.05, 0.1) is 33.4 Å². The third-order valence-corrected chi connectivity index (χ3v) is 10.2. The molecule has 218 valence electrons. The Kier molecular flexibility index (Phi) is 5.02. The van der Waals surface area contributed by atoms with Gasteiger partial charge in [-0.15, -0.1) is 0 Å². The summed E-state index contributed by atoms with van der Waals surface area (Å²) in [6.07, 6.45) is 0. The number of fused-ring (bicyclic) bond motifs is 6. The molecule has 0 spiro atoms. The highest BCUT2D eigenvalue weighted by atomic mass is 15.0. The van der Waals surface area contributed by atoms with Crippen LogP contribution in [0, 0.1) is 0 Å². The van der Waals surface area contributed by atoms with Gasteiger partial charge < -0.3 is 9.13 Å². The highest BCUT2D eigenvalue weighted by Gasteiger charge is 2.23. The van der Waals surface area contributed by atoms with E-state index < -0.39 is 0 Å². The molecule has 46 heavy (non-hydrogen) atoms. The van der Waals surface area contributed by atoms with Gasteiger partial charge in [0.1, 0.15) is 0 Å². The lowest BCUT2D eigenvalue weighted by molar-refractivity contribution is 0.591. The first-order chi connectivity index (χ1) is 22.5. The van der Waals surface area contributed by atoms with Gasteiger partial charge in [-0.3, -0.25) is 0 Å². The van der Waals surface area contributed by atoms with Crippen LogP contribution >= 0.6 is 0 Å². The Hall–Kier alpha value is -5.60. The Labute approximate surface area is 267 Å². The number of para-hydroxylation sites is 4. The maximum Gasteiger partial charge on any atom is 0.0562 e. The zero-order valence-corrected chi connectivity index (χ0v) is 26.2. The van der Waals surface area contributed by atoms with Crippen LogP contribution in [0.4, 0.5) is 0 Å². The van der Waals surface area contributed by atoms with Gasteiger partial charge in [0.15, 0.2) is 0 Å². The minimum absolute atomic E-state index is 0.0622. The van der Waals surface area contributed by atoms with Crippen LogP contribution in [0.15, 0.2) is 140 Å². The van der Waals surface area contributed by atoms with Gasteiger partial charge >= 0.3 is 0 Å². The Balaban J connectivity index is 1.45. The zero-order chi connectivity index (χ0) is 30.7. The second kappa shape index (κ2) is 8.99. The van der Waals surface area contributed by atoms with E-state index >= 15 is 0 Å². The maximum atomic E-state index is 2.49. The summed E-state index contributed by atoms with van der Waals surface area (Å²) in [6.45, 7) is 6.92. The monoisotopic (exact) mass is 588 g/mol. The summed E-state index contributed by atoms with van der Waals surface area (Å²) in [4.78, 5) is 0. The van der Waals surface area contributed by atoms with Crippen molar-refractivity contribution >= 4 is 75.9 Å². The van der Waals surface area contributed by atoms with Crippen LogP contribution in [-0.2, 0) is 5.41 Å². The number of benzene rings is 8. The lowest BCUT2D eigenvalue weighted by atomic mass is 9.83. The van der Waals surface area contributed by atoms with E-state index in [4.69, 9.17) is 0 Å². The van der Waals surface area contributed by atoms with E-state index in [1.54, 1.807) is 0 Å². The predicted octanol–water partition coefficient (Wildman–Crippen LogP) is 12.1. The maximum absolute atomic E-state index is 2.49. The van der Waals surface area contributed by atoms with Gasteiger partial charge in [0, 0.05) is 37.7 Å². The molecule has 0 saturated carbocycles. The first-order valence-electron chi connectivity index (χ1n) is 16.2. The SMILES string of the molecule is CC(C)(C)c1cc2ccc3c(-n4c5ccccc5c5ccccc54)cc(-n4c5ccccc5c5ccccc54)c4ccc(c1)c2c34. The molecular formula is C44H32N2. The summed E-state index contributed by atoms with van der Waals surface area (Å²) in [7, 11) is 0. The molecule has 0 aliphatic carbocycles. The van der Waals surface area contributed by atoms with Crippen LogP contribution in [0.2, 0.25) is 0 Å². The van der Waals surface area contributed by atoms with Gasteiger partial charge in [-0.05, 0) is 57.5 Å². The molecule has 0 saturated heterocycles. The molecule has 0 radical (unpaired) electrons. The predicted molar refractivity (Wildman–Crippen MR) is 198 cm³/mol. The van der Waals surface area contributed by atoms with Gasteiger partial charge in [-0.25, -0.2) is 0 Å². The molecule has 10 rings (SSSR count). The van der Waals surface area contributed by atoms with Gasteiger partial charge in [-0.1, -0.05) is 130 Å². The number of rotatable bonds is 2. The van der Waals surface area contributed by atoms with Crippen LogP contribution < -0.4 is 0 Å². The minimum Gasteiger partial charge on any atom is -0.309 e. The molecule has 0 amide bonds. The van der Waals surface area contributed by atoms with E-state index in [1.165, 1.54) is 92.9 Å². The third kappa shape index (κ3) is 3.36. The average Bonchev–Trinajstić information content (AvgIpc) is 3.59. The molecule has 0 unspecified atom stereocenters. The minimum atomic E-state index is 0.0622. The molecule has 2 heteroatoms. The number of hydrogen-bond donors (Lipinski definition) is 0. The summed E-state index contributed by atoms with van der Waals surface area (Å²) in [5, 5.41) is 12.9. The van der Waals surface area contributed by atoms with Crippen molar-refractivity contribution in [3.63, 3.8) is 0 Å². The summed E-state index contributed by atoms with van der Waals surface area (Å²) in [5.74, 6) is 0. The fourth-order valence-electron chi connectivity index (χ4n) is 8.05. The largest absolute Gasteiger partial charge is 0.309 e. The normalized spacial score (nSPS) is 12.7. The Morgan fingerprint density at radius 1 is 0.370 bits per heavy atom.